The third-order valence-corrected chi connectivity index (χ3v) is 5.98. The molecule has 2 aliphatic rings. The van der Waals surface area contributed by atoms with Gasteiger partial charge >= 0.3 is 0 Å². The first kappa shape index (κ1) is 15.8. The van der Waals surface area contributed by atoms with Gasteiger partial charge in [-0.2, -0.15) is 5.10 Å². The molecule has 1 aromatic heterocycles. The molecule has 6 nitrogen and oxygen atoms in total. The van der Waals surface area contributed by atoms with E-state index in [-0.39, 0.29) is 29.0 Å². The van der Waals surface area contributed by atoms with Gasteiger partial charge in [0.1, 0.15) is 0 Å². The van der Waals surface area contributed by atoms with Gasteiger partial charge in [-0.3, -0.25) is 9.59 Å². The van der Waals surface area contributed by atoms with Gasteiger partial charge < -0.3 is 9.73 Å². The molecule has 2 atom stereocenters. The topological polar surface area (TPSA) is 83.7 Å². The van der Waals surface area contributed by atoms with Crippen molar-refractivity contribution in [1.29, 1.82) is 0 Å². The molecule has 0 unspecified atom stereocenters. The molecule has 0 radical (unpaired) electrons. The molecule has 1 aromatic rings. The maximum atomic E-state index is 11.9. The fraction of sp³-hybridized carbons (Fsp3) is 0.588. The van der Waals surface area contributed by atoms with Crippen molar-refractivity contribution in [2.75, 3.05) is 6.54 Å². The zero-order valence-corrected chi connectivity index (χ0v) is 13.8. The molecule has 2 saturated carbocycles. The van der Waals surface area contributed by atoms with Crippen LogP contribution in [0.15, 0.2) is 27.9 Å². The molecular weight excluding hydrogens is 294 g/mol. The van der Waals surface area contributed by atoms with E-state index in [1.807, 2.05) is 0 Å². The number of fused-ring (bicyclic) bond motifs is 2. The smallest absolute Gasteiger partial charge is 0.287 e. The Morgan fingerprint density at radius 1 is 1.39 bits per heavy atom. The number of carbonyl (C=O) groups excluding carboxylic acids is 2. The largest absolute Gasteiger partial charge is 0.459 e. The van der Waals surface area contributed by atoms with Gasteiger partial charge in [0.15, 0.2) is 5.76 Å². The molecule has 0 spiro atoms. The van der Waals surface area contributed by atoms with Crippen molar-refractivity contribution >= 4 is 17.5 Å². The first-order chi connectivity index (χ1) is 10.8. The zero-order chi connectivity index (χ0) is 16.7. The molecular formula is C17H23N3O3. The number of nitrogens with one attached hydrogen (secondary N) is 2. The summed E-state index contributed by atoms with van der Waals surface area (Å²) in [5, 5.41) is 6.86. The molecule has 6 heteroatoms. The number of hydrazone groups is 1. The minimum absolute atomic E-state index is 0.0579. The van der Waals surface area contributed by atoms with Crippen molar-refractivity contribution in [3.8, 4) is 0 Å². The molecule has 2 fully saturated rings. The second-order valence-corrected chi connectivity index (χ2v) is 7.25. The Bertz CT molecular complexity index is 648. The van der Waals surface area contributed by atoms with Crippen LogP contribution in [-0.4, -0.2) is 24.1 Å². The van der Waals surface area contributed by atoms with Gasteiger partial charge in [0.05, 0.1) is 12.8 Å². The highest BCUT2D eigenvalue weighted by Crippen LogP contribution is 2.63. The second kappa shape index (κ2) is 5.51. The third kappa shape index (κ3) is 2.56. The summed E-state index contributed by atoms with van der Waals surface area (Å²) in [6.45, 7) is 6.70. The van der Waals surface area contributed by atoms with Crippen LogP contribution in [0.3, 0.4) is 0 Å². The third-order valence-electron chi connectivity index (χ3n) is 5.98. The predicted octanol–water partition coefficient (Wildman–Crippen LogP) is 2.33. The Morgan fingerprint density at radius 3 is 2.74 bits per heavy atom. The quantitative estimate of drug-likeness (QED) is 0.836. The molecule has 2 bridgehead atoms. The van der Waals surface area contributed by atoms with E-state index in [2.05, 4.69) is 36.6 Å². The number of hydrogen-bond acceptors (Lipinski definition) is 4. The van der Waals surface area contributed by atoms with Crippen LogP contribution >= 0.6 is 0 Å². The van der Waals surface area contributed by atoms with E-state index in [0.717, 1.165) is 18.6 Å². The number of nitrogens with zero attached hydrogens (tertiary/aromatic N) is 1. The van der Waals surface area contributed by atoms with E-state index in [4.69, 9.17) is 4.42 Å². The summed E-state index contributed by atoms with van der Waals surface area (Å²) in [5.74, 6) is 0.0840. The molecule has 0 aliphatic heterocycles. The summed E-state index contributed by atoms with van der Waals surface area (Å²) >= 11 is 0. The van der Waals surface area contributed by atoms with E-state index in [0.29, 0.717) is 5.92 Å². The molecule has 2 amide bonds. The van der Waals surface area contributed by atoms with Gasteiger partial charge in [0, 0.05) is 11.1 Å². The normalized spacial score (nSPS) is 29.7. The van der Waals surface area contributed by atoms with E-state index in [1.165, 1.54) is 12.7 Å². The molecule has 1 heterocycles. The number of amides is 2. The lowest BCUT2D eigenvalue weighted by Gasteiger charge is -2.34. The number of hydrogen-bond donors (Lipinski definition) is 2. The zero-order valence-electron chi connectivity index (χ0n) is 13.8. The van der Waals surface area contributed by atoms with Crippen molar-refractivity contribution in [3.05, 3.63) is 24.2 Å². The lowest BCUT2D eigenvalue weighted by atomic mass is 9.70. The fourth-order valence-corrected chi connectivity index (χ4v) is 3.92. The van der Waals surface area contributed by atoms with Crippen LogP contribution in [0.4, 0.5) is 0 Å². The van der Waals surface area contributed by atoms with Crippen molar-refractivity contribution in [1.82, 2.24) is 10.7 Å². The molecule has 23 heavy (non-hydrogen) atoms. The van der Waals surface area contributed by atoms with Gasteiger partial charge in [-0.1, -0.05) is 20.8 Å². The molecule has 0 aromatic carbocycles. The van der Waals surface area contributed by atoms with Crippen molar-refractivity contribution in [2.24, 2.45) is 21.8 Å². The van der Waals surface area contributed by atoms with E-state index < -0.39 is 5.91 Å². The SMILES string of the molecule is CC1(C)[C@@H]2CC[C@]1(C)/C(=N/NC(=O)CNC(=O)c1ccco1)C2. The maximum Gasteiger partial charge on any atom is 0.287 e. The fourth-order valence-electron chi connectivity index (χ4n) is 3.92. The Balaban J connectivity index is 1.55. The number of furan rings is 1. The lowest BCUT2D eigenvalue weighted by Crippen LogP contribution is -2.37. The second-order valence-electron chi connectivity index (χ2n) is 7.25. The van der Waals surface area contributed by atoms with Crippen molar-refractivity contribution in [3.63, 3.8) is 0 Å². The summed E-state index contributed by atoms with van der Waals surface area (Å²) in [6.07, 6.45) is 4.71. The minimum atomic E-state index is -0.411. The summed E-state index contributed by atoms with van der Waals surface area (Å²) < 4.78 is 4.97. The average Bonchev–Trinajstić information content (AvgIpc) is 3.16. The van der Waals surface area contributed by atoms with Crippen LogP contribution < -0.4 is 10.7 Å². The standard InChI is InChI=1S/C17H23N3O3/c1-16(2)11-6-7-17(16,3)13(9-11)19-20-14(21)10-18-15(22)12-5-4-8-23-12/h4-5,8,11H,6-7,9-10H2,1-3H3,(H,18,22)(H,20,21)/b19-13+/t11-,17-/m1/s1. The van der Waals surface area contributed by atoms with E-state index in [9.17, 15) is 9.59 Å². The summed E-state index contributed by atoms with van der Waals surface area (Å²) in [5.41, 5.74) is 3.93. The Hall–Kier alpha value is -2.11. The van der Waals surface area contributed by atoms with Crippen LogP contribution in [0.5, 0.6) is 0 Å². The molecule has 124 valence electrons. The van der Waals surface area contributed by atoms with Crippen LogP contribution in [0.2, 0.25) is 0 Å². The van der Waals surface area contributed by atoms with Gasteiger partial charge in [0.25, 0.3) is 11.8 Å². The number of rotatable bonds is 4. The maximum absolute atomic E-state index is 11.9. The highest BCUT2D eigenvalue weighted by atomic mass is 16.3. The summed E-state index contributed by atoms with van der Waals surface area (Å²) in [6, 6.07) is 3.17. The van der Waals surface area contributed by atoms with Gasteiger partial charge in [-0.15, -0.1) is 0 Å². The Kier molecular flexibility index (Phi) is 3.78. The van der Waals surface area contributed by atoms with Crippen LogP contribution in [0.25, 0.3) is 0 Å². The molecule has 3 rings (SSSR count). The van der Waals surface area contributed by atoms with E-state index in [1.54, 1.807) is 12.1 Å². The lowest BCUT2D eigenvalue weighted by molar-refractivity contribution is -0.120. The first-order valence-corrected chi connectivity index (χ1v) is 8.02. The predicted molar refractivity (Wildman–Crippen MR) is 85.8 cm³/mol. The van der Waals surface area contributed by atoms with Crippen LogP contribution in [0, 0.1) is 16.7 Å². The van der Waals surface area contributed by atoms with Crippen molar-refractivity contribution in [2.45, 2.75) is 40.0 Å². The van der Waals surface area contributed by atoms with Gasteiger partial charge in [-0.25, -0.2) is 5.43 Å². The average molecular weight is 317 g/mol. The highest BCUT2D eigenvalue weighted by molar-refractivity contribution is 5.96. The summed E-state index contributed by atoms with van der Waals surface area (Å²) in [4.78, 5) is 23.6. The Labute approximate surface area is 135 Å². The molecule has 2 N–H and O–H groups in total. The van der Waals surface area contributed by atoms with Gasteiger partial charge in [-0.05, 0) is 42.7 Å². The van der Waals surface area contributed by atoms with Gasteiger partial charge in [0.2, 0.25) is 0 Å². The van der Waals surface area contributed by atoms with Crippen LogP contribution in [0.1, 0.15) is 50.6 Å². The van der Waals surface area contributed by atoms with Crippen molar-refractivity contribution < 1.29 is 14.0 Å². The Morgan fingerprint density at radius 2 is 2.17 bits per heavy atom. The highest BCUT2D eigenvalue weighted by Gasteiger charge is 2.59. The number of carbonyl (C=O) groups is 2. The minimum Gasteiger partial charge on any atom is -0.459 e. The molecule has 0 saturated heterocycles. The molecule has 2 aliphatic carbocycles. The summed E-state index contributed by atoms with van der Waals surface area (Å²) in [7, 11) is 0. The monoisotopic (exact) mass is 317 g/mol. The first-order valence-electron chi connectivity index (χ1n) is 8.02. The van der Waals surface area contributed by atoms with E-state index >= 15 is 0 Å². The van der Waals surface area contributed by atoms with Crippen LogP contribution in [-0.2, 0) is 4.79 Å².